The lowest BCUT2D eigenvalue weighted by molar-refractivity contribution is -0.138. The maximum Gasteiger partial charge on any atom is 0.303 e. The van der Waals surface area contributed by atoms with Gasteiger partial charge in [0.05, 0.1) is 12.7 Å². The standard InChI is InChI=1S/C12H23NO4/c1-9(5-12(16)17)10-3-2-4-13(6-10)7-11(15)8-14/h9-11,14-15H,2-8H2,1H3,(H,16,17). The van der Waals surface area contributed by atoms with Gasteiger partial charge in [-0.25, -0.2) is 0 Å². The second-order valence-electron chi connectivity index (χ2n) is 5.07. The highest BCUT2D eigenvalue weighted by Gasteiger charge is 2.26. The number of aliphatic hydroxyl groups excluding tert-OH is 2. The van der Waals surface area contributed by atoms with Crippen molar-refractivity contribution in [1.82, 2.24) is 4.90 Å². The van der Waals surface area contributed by atoms with Gasteiger partial charge in [0, 0.05) is 19.5 Å². The van der Waals surface area contributed by atoms with Crippen LogP contribution in [0.1, 0.15) is 26.2 Å². The molecular weight excluding hydrogens is 222 g/mol. The molecule has 17 heavy (non-hydrogen) atoms. The zero-order valence-corrected chi connectivity index (χ0v) is 10.4. The van der Waals surface area contributed by atoms with Gasteiger partial charge in [-0.15, -0.1) is 0 Å². The molecule has 0 aromatic carbocycles. The Kier molecular flexibility index (Phi) is 5.88. The Labute approximate surface area is 102 Å². The SMILES string of the molecule is CC(CC(=O)O)C1CCCN(CC(O)CO)C1. The van der Waals surface area contributed by atoms with Gasteiger partial charge >= 0.3 is 5.97 Å². The van der Waals surface area contributed by atoms with Gasteiger partial charge in [0.25, 0.3) is 0 Å². The van der Waals surface area contributed by atoms with E-state index in [0.29, 0.717) is 12.5 Å². The van der Waals surface area contributed by atoms with E-state index in [-0.39, 0.29) is 18.9 Å². The maximum absolute atomic E-state index is 10.7. The van der Waals surface area contributed by atoms with E-state index in [9.17, 15) is 9.90 Å². The van der Waals surface area contributed by atoms with Crippen LogP contribution in [0.3, 0.4) is 0 Å². The average molecular weight is 245 g/mol. The Hall–Kier alpha value is -0.650. The first-order valence-electron chi connectivity index (χ1n) is 6.26. The number of hydrogen-bond acceptors (Lipinski definition) is 4. The van der Waals surface area contributed by atoms with Crippen molar-refractivity contribution in [2.75, 3.05) is 26.2 Å². The zero-order chi connectivity index (χ0) is 12.8. The fraction of sp³-hybridized carbons (Fsp3) is 0.917. The van der Waals surface area contributed by atoms with Crippen molar-refractivity contribution in [3.63, 3.8) is 0 Å². The molecular formula is C12H23NO4. The number of carboxylic acids is 1. The Morgan fingerprint density at radius 2 is 2.24 bits per heavy atom. The monoisotopic (exact) mass is 245 g/mol. The molecule has 0 spiro atoms. The van der Waals surface area contributed by atoms with Crippen molar-refractivity contribution in [3.05, 3.63) is 0 Å². The third-order valence-corrected chi connectivity index (χ3v) is 3.52. The van der Waals surface area contributed by atoms with E-state index in [4.69, 9.17) is 10.2 Å². The number of aliphatic hydroxyl groups is 2. The lowest BCUT2D eigenvalue weighted by atomic mass is 9.84. The summed E-state index contributed by atoms with van der Waals surface area (Å²) in [5.41, 5.74) is 0. The number of carbonyl (C=O) groups is 1. The highest BCUT2D eigenvalue weighted by Crippen LogP contribution is 2.26. The van der Waals surface area contributed by atoms with Crippen LogP contribution in [0.5, 0.6) is 0 Å². The molecule has 0 bridgehead atoms. The fourth-order valence-electron chi connectivity index (χ4n) is 2.52. The van der Waals surface area contributed by atoms with Gasteiger partial charge in [-0.2, -0.15) is 0 Å². The molecule has 0 radical (unpaired) electrons. The minimum absolute atomic E-state index is 0.168. The molecule has 0 saturated carbocycles. The predicted octanol–water partition coefficient (Wildman–Crippen LogP) is 0.162. The maximum atomic E-state index is 10.7. The molecule has 0 aromatic heterocycles. The first kappa shape index (κ1) is 14.4. The van der Waals surface area contributed by atoms with Crippen LogP contribution in [0.15, 0.2) is 0 Å². The third kappa shape index (κ3) is 5.02. The Morgan fingerprint density at radius 3 is 2.82 bits per heavy atom. The molecule has 0 aliphatic carbocycles. The highest BCUT2D eigenvalue weighted by molar-refractivity contribution is 5.66. The summed E-state index contributed by atoms with van der Waals surface area (Å²) in [4.78, 5) is 12.8. The van der Waals surface area contributed by atoms with E-state index in [1.54, 1.807) is 0 Å². The summed E-state index contributed by atoms with van der Waals surface area (Å²) in [6.45, 7) is 3.99. The summed E-state index contributed by atoms with van der Waals surface area (Å²) in [5.74, 6) is -0.197. The molecule has 0 aromatic rings. The first-order valence-corrected chi connectivity index (χ1v) is 6.26. The van der Waals surface area contributed by atoms with Crippen LogP contribution < -0.4 is 0 Å². The number of carboxylic acid groups (broad SMARTS) is 1. The molecule has 5 heteroatoms. The summed E-state index contributed by atoms with van der Waals surface area (Å²) in [7, 11) is 0. The van der Waals surface area contributed by atoms with Gasteiger partial charge in [0.1, 0.15) is 0 Å². The summed E-state index contributed by atoms with van der Waals surface area (Å²) in [6, 6.07) is 0. The molecule has 5 nitrogen and oxygen atoms in total. The number of rotatable bonds is 6. The van der Waals surface area contributed by atoms with Crippen LogP contribution in [0.2, 0.25) is 0 Å². The number of piperidine rings is 1. The Balaban J connectivity index is 2.40. The lowest BCUT2D eigenvalue weighted by Gasteiger charge is -2.36. The summed E-state index contributed by atoms with van der Waals surface area (Å²) in [5, 5.41) is 27.0. The number of aliphatic carboxylic acids is 1. The van der Waals surface area contributed by atoms with Crippen molar-refractivity contribution in [2.45, 2.75) is 32.3 Å². The number of hydrogen-bond donors (Lipinski definition) is 3. The Bertz CT molecular complexity index is 247. The molecule has 1 heterocycles. The molecule has 3 N–H and O–H groups in total. The van der Waals surface area contributed by atoms with E-state index in [0.717, 1.165) is 25.9 Å². The fourth-order valence-corrected chi connectivity index (χ4v) is 2.52. The minimum atomic E-state index is -0.745. The van der Waals surface area contributed by atoms with Crippen molar-refractivity contribution >= 4 is 5.97 Å². The smallest absolute Gasteiger partial charge is 0.303 e. The molecule has 3 unspecified atom stereocenters. The summed E-state index contributed by atoms with van der Waals surface area (Å²) < 4.78 is 0. The van der Waals surface area contributed by atoms with Crippen molar-refractivity contribution < 1.29 is 20.1 Å². The summed E-state index contributed by atoms with van der Waals surface area (Å²) in [6.07, 6.45) is 1.61. The molecule has 1 aliphatic heterocycles. The largest absolute Gasteiger partial charge is 0.481 e. The van der Waals surface area contributed by atoms with E-state index >= 15 is 0 Å². The third-order valence-electron chi connectivity index (χ3n) is 3.52. The van der Waals surface area contributed by atoms with Gasteiger partial charge in [0.15, 0.2) is 0 Å². The molecule has 0 amide bonds. The highest BCUT2D eigenvalue weighted by atomic mass is 16.4. The number of nitrogens with zero attached hydrogens (tertiary/aromatic N) is 1. The normalized spacial score (nSPS) is 25.5. The van der Waals surface area contributed by atoms with Crippen LogP contribution in [-0.2, 0) is 4.79 Å². The predicted molar refractivity (Wildman–Crippen MR) is 63.7 cm³/mol. The van der Waals surface area contributed by atoms with Gasteiger partial charge in [-0.05, 0) is 31.2 Å². The van der Waals surface area contributed by atoms with E-state index in [1.807, 2.05) is 6.92 Å². The topological polar surface area (TPSA) is 81.0 Å². The van der Waals surface area contributed by atoms with Crippen molar-refractivity contribution in [1.29, 1.82) is 0 Å². The minimum Gasteiger partial charge on any atom is -0.481 e. The lowest BCUT2D eigenvalue weighted by Crippen LogP contribution is -2.42. The molecule has 1 rings (SSSR count). The van der Waals surface area contributed by atoms with Crippen molar-refractivity contribution in [3.8, 4) is 0 Å². The second kappa shape index (κ2) is 6.93. The Morgan fingerprint density at radius 1 is 1.53 bits per heavy atom. The van der Waals surface area contributed by atoms with Crippen molar-refractivity contribution in [2.24, 2.45) is 11.8 Å². The summed E-state index contributed by atoms with van der Waals surface area (Å²) >= 11 is 0. The molecule has 1 saturated heterocycles. The van der Waals surface area contributed by atoms with Crippen LogP contribution in [0.4, 0.5) is 0 Å². The van der Waals surface area contributed by atoms with Crippen LogP contribution >= 0.6 is 0 Å². The van der Waals surface area contributed by atoms with Gasteiger partial charge in [0.2, 0.25) is 0 Å². The number of β-amino-alcohol motifs (C(OH)–C–C–N with tert-alkyl or cyclic N) is 1. The number of likely N-dealkylation sites (tertiary alicyclic amines) is 1. The zero-order valence-electron chi connectivity index (χ0n) is 10.4. The molecule has 1 aliphatic rings. The molecule has 1 fully saturated rings. The van der Waals surface area contributed by atoms with E-state index < -0.39 is 12.1 Å². The molecule has 100 valence electrons. The van der Waals surface area contributed by atoms with E-state index in [2.05, 4.69) is 4.90 Å². The van der Waals surface area contributed by atoms with E-state index in [1.165, 1.54) is 0 Å². The van der Waals surface area contributed by atoms with Gasteiger partial charge in [-0.1, -0.05) is 6.92 Å². The van der Waals surface area contributed by atoms with Crippen LogP contribution in [0, 0.1) is 11.8 Å². The van der Waals surface area contributed by atoms with Crippen LogP contribution in [-0.4, -0.2) is 58.5 Å². The van der Waals surface area contributed by atoms with Gasteiger partial charge in [-0.3, -0.25) is 4.79 Å². The average Bonchev–Trinajstić information content (AvgIpc) is 2.28. The second-order valence-corrected chi connectivity index (χ2v) is 5.07. The van der Waals surface area contributed by atoms with Crippen LogP contribution in [0.25, 0.3) is 0 Å². The van der Waals surface area contributed by atoms with Gasteiger partial charge < -0.3 is 20.2 Å². The molecule has 3 atom stereocenters. The first-order chi connectivity index (χ1) is 8.02. The quantitative estimate of drug-likeness (QED) is 0.621.